The molecule has 8 aromatic carbocycles. The summed E-state index contributed by atoms with van der Waals surface area (Å²) >= 11 is 1.86. The van der Waals surface area contributed by atoms with Gasteiger partial charge in [0.1, 0.15) is 0 Å². The summed E-state index contributed by atoms with van der Waals surface area (Å²) in [5, 5.41) is 10.2. The first kappa shape index (κ1) is 33.4. The van der Waals surface area contributed by atoms with E-state index in [4.69, 9.17) is 15.0 Å². The molecule has 0 saturated carbocycles. The van der Waals surface area contributed by atoms with Crippen LogP contribution in [0.25, 0.3) is 70.7 Å². The molecule has 0 amide bonds. The normalized spacial score (nSPS) is 11.9. The molecule has 0 atom stereocenters. The van der Waals surface area contributed by atoms with Gasteiger partial charge in [-0.05, 0) is 45.0 Å². The Morgan fingerprint density at radius 2 is 0.842 bits per heavy atom. The Morgan fingerprint density at radius 3 is 1.51 bits per heavy atom. The van der Waals surface area contributed by atoms with Gasteiger partial charge in [0.05, 0.1) is 11.0 Å². The molecule has 0 aliphatic heterocycles. The van der Waals surface area contributed by atoms with Gasteiger partial charge in [0.2, 0.25) is 5.95 Å². The number of rotatable bonds is 7. The van der Waals surface area contributed by atoms with Gasteiger partial charge < -0.3 is 0 Å². The Labute approximate surface area is 335 Å². The van der Waals surface area contributed by atoms with Crippen molar-refractivity contribution in [3.05, 3.63) is 206 Å². The van der Waals surface area contributed by atoms with E-state index < -0.39 is 8.07 Å². The van der Waals surface area contributed by atoms with Crippen LogP contribution in [0, 0.1) is 0 Å². The van der Waals surface area contributed by atoms with Crippen molar-refractivity contribution in [1.82, 2.24) is 19.5 Å². The molecule has 0 saturated heterocycles. The smallest absolute Gasteiger partial charge is 0.238 e. The van der Waals surface area contributed by atoms with E-state index in [-0.39, 0.29) is 0 Å². The van der Waals surface area contributed by atoms with Crippen LogP contribution in [-0.2, 0) is 0 Å². The molecule has 0 unspecified atom stereocenters. The van der Waals surface area contributed by atoms with E-state index in [1.165, 1.54) is 40.9 Å². The van der Waals surface area contributed by atoms with Crippen LogP contribution < -0.4 is 20.7 Å². The molecule has 0 bridgehead atoms. The highest BCUT2D eigenvalue weighted by molar-refractivity contribution is 7.26. The monoisotopic (exact) mass is 762 g/mol. The largest absolute Gasteiger partial charge is 0.278 e. The van der Waals surface area contributed by atoms with Crippen LogP contribution in [-0.4, -0.2) is 27.6 Å². The first-order valence-electron chi connectivity index (χ1n) is 19.2. The zero-order valence-corrected chi connectivity index (χ0v) is 32.6. The number of hydrogen-bond donors (Lipinski definition) is 0. The van der Waals surface area contributed by atoms with Gasteiger partial charge in [-0.3, -0.25) is 4.57 Å². The molecule has 3 heterocycles. The topological polar surface area (TPSA) is 43.6 Å². The molecular weight excluding hydrogens is 729 g/mol. The van der Waals surface area contributed by atoms with Crippen LogP contribution in [0.5, 0.6) is 0 Å². The number of nitrogens with zero attached hydrogens (tertiary/aromatic N) is 4. The second kappa shape index (κ2) is 13.6. The lowest BCUT2D eigenvalue weighted by atomic mass is 10.1. The average Bonchev–Trinajstić information content (AvgIpc) is 3.83. The fourth-order valence-electron chi connectivity index (χ4n) is 8.68. The fourth-order valence-corrected chi connectivity index (χ4v) is 14.6. The Hall–Kier alpha value is -6.99. The summed E-state index contributed by atoms with van der Waals surface area (Å²) in [4.78, 5) is 15.8. The summed E-state index contributed by atoms with van der Waals surface area (Å²) in [6.07, 6.45) is 0. The minimum atomic E-state index is -2.93. The van der Waals surface area contributed by atoms with Crippen LogP contribution in [0.3, 0.4) is 0 Å². The van der Waals surface area contributed by atoms with Crippen molar-refractivity contribution < 1.29 is 0 Å². The molecular formula is C51H34N4SSi. The number of thiophene rings is 1. The van der Waals surface area contributed by atoms with E-state index >= 15 is 0 Å². The maximum atomic E-state index is 5.34. The quantitative estimate of drug-likeness (QED) is 0.120. The average molecular weight is 763 g/mol. The fraction of sp³-hybridized carbons (Fsp3) is 0. The van der Waals surface area contributed by atoms with Crippen LogP contribution >= 0.6 is 11.3 Å². The molecule has 268 valence electrons. The molecule has 0 aliphatic carbocycles. The van der Waals surface area contributed by atoms with E-state index in [0.29, 0.717) is 17.6 Å². The van der Waals surface area contributed by atoms with Crippen LogP contribution in [0.2, 0.25) is 0 Å². The molecule has 0 fully saturated rings. The molecule has 11 aromatic rings. The molecule has 3 aromatic heterocycles. The maximum Gasteiger partial charge on any atom is 0.238 e. The van der Waals surface area contributed by atoms with Gasteiger partial charge in [-0.1, -0.05) is 182 Å². The Kier molecular flexibility index (Phi) is 7.98. The summed E-state index contributed by atoms with van der Waals surface area (Å²) in [5.74, 6) is 1.85. The predicted molar refractivity (Wildman–Crippen MR) is 242 cm³/mol. The van der Waals surface area contributed by atoms with Crippen molar-refractivity contribution in [3.8, 4) is 28.7 Å². The molecule has 0 spiro atoms. The summed E-state index contributed by atoms with van der Waals surface area (Å²) in [6.45, 7) is 0. The number of aromatic nitrogens is 4. The van der Waals surface area contributed by atoms with E-state index in [1.54, 1.807) is 0 Å². The molecule has 6 heteroatoms. The third-order valence-corrected chi connectivity index (χ3v) is 17.1. The lowest BCUT2D eigenvalue weighted by Gasteiger charge is -2.34. The SMILES string of the molecule is c1ccc(-c2nc(-c3cccc([Si](c4ccccc4)(c4ccccc4)c4ccc5sc6ccccc6c5c4)c3)nc(-n3c4ccccc4c4ccccc43)n2)cc1. The zero-order valence-electron chi connectivity index (χ0n) is 30.8. The highest BCUT2D eigenvalue weighted by Crippen LogP contribution is 2.34. The molecule has 0 radical (unpaired) electrons. The van der Waals surface area contributed by atoms with Gasteiger partial charge in [-0.15, -0.1) is 11.3 Å². The Bertz CT molecular complexity index is 3160. The first-order chi connectivity index (χ1) is 28.3. The number of hydrogen-bond acceptors (Lipinski definition) is 4. The molecule has 0 N–H and O–H groups in total. The van der Waals surface area contributed by atoms with Crippen molar-refractivity contribution in [1.29, 1.82) is 0 Å². The van der Waals surface area contributed by atoms with Crippen LogP contribution in [0.1, 0.15) is 0 Å². The summed E-state index contributed by atoms with van der Waals surface area (Å²) in [5.41, 5.74) is 3.99. The van der Waals surface area contributed by atoms with Gasteiger partial charge >= 0.3 is 0 Å². The van der Waals surface area contributed by atoms with E-state index in [2.05, 4.69) is 193 Å². The highest BCUT2D eigenvalue weighted by atomic mass is 32.1. The van der Waals surface area contributed by atoms with Gasteiger partial charge in [-0.25, -0.2) is 4.98 Å². The Balaban J connectivity index is 1.19. The van der Waals surface area contributed by atoms with Crippen molar-refractivity contribution in [2.45, 2.75) is 0 Å². The predicted octanol–water partition coefficient (Wildman–Crippen LogP) is 10.0. The summed E-state index contributed by atoms with van der Waals surface area (Å²) in [7, 11) is -2.93. The standard InChI is InChI=1S/C51H34N4SSi/c1-4-17-35(18-5-1)49-52-50(54-51(53-49)55-45-28-13-10-25-41(45)42-26-11-14-29-46(42)55)36-19-16-24-39(33-36)57(37-20-6-2-7-21-37,38-22-8-3-9-23-38)40-31-32-48-44(34-40)43-27-12-15-30-47(43)56-48/h1-34H. The van der Waals surface area contributed by atoms with Crippen molar-refractivity contribution in [2.24, 2.45) is 0 Å². The summed E-state index contributed by atoms with van der Waals surface area (Å²) < 4.78 is 4.79. The van der Waals surface area contributed by atoms with Crippen LogP contribution in [0.15, 0.2) is 206 Å². The van der Waals surface area contributed by atoms with Gasteiger partial charge in [0.15, 0.2) is 19.7 Å². The number of para-hydroxylation sites is 2. The second-order valence-electron chi connectivity index (χ2n) is 14.4. The zero-order chi connectivity index (χ0) is 37.8. The Morgan fingerprint density at radius 1 is 0.351 bits per heavy atom. The summed E-state index contributed by atoms with van der Waals surface area (Å²) in [6, 6.07) is 74.4. The van der Waals surface area contributed by atoms with Gasteiger partial charge in [-0.2, -0.15) is 9.97 Å². The number of fused-ring (bicyclic) bond motifs is 6. The third-order valence-electron chi connectivity index (χ3n) is 11.2. The lowest BCUT2D eigenvalue weighted by Crippen LogP contribution is -2.74. The molecule has 57 heavy (non-hydrogen) atoms. The molecule has 11 rings (SSSR count). The highest BCUT2D eigenvalue weighted by Gasteiger charge is 2.42. The lowest BCUT2D eigenvalue weighted by molar-refractivity contribution is 0.953. The van der Waals surface area contributed by atoms with E-state index in [1.807, 2.05) is 29.5 Å². The number of benzene rings is 8. The van der Waals surface area contributed by atoms with E-state index in [9.17, 15) is 0 Å². The molecule has 0 aliphatic rings. The van der Waals surface area contributed by atoms with Crippen molar-refractivity contribution in [3.63, 3.8) is 0 Å². The molecule has 4 nitrogen and oxygen atoms in total. The maximum absolute atomic E-state index is 5.34. The van der Waals surface area contributed by atoms with E-state index in [0.717, 1.165) is 32.9 Å². The third kappa shape index (κ3) is 5.45. The minimum Gasteiger partial charge on any atom is -0.278 e. The van der Waals surface area contributed by atoms with Crippen molar-refractivity contribution in [2.75, 3.05) is 0 Å². The minimum absolute atomic E-state index is 0.589. The van der Waals surface area contributed by atoms with Gasteiger partial charge in [0, 0.05) is 42.1 Å². The van der Waals surface area contributed by atoms with Crippen molar-refractivity contribution >= 4 is 82.1 Å². The second-order valence-corrected chi connectivity index (χ2v) is 19.3. The van der Waals surface area contributed by atoms with Gasteiger partial charge in [0.25, 0.3) is 0 Å². The van der Waals surface area contributed by atoms with Crippen LogP contribution in [0.4, 0.5) is 0 Å². The first-order valence-corrected chi connectivity index (χ1v) is 22.0.